The lowest BCUT2D eigenvalue weighted by Crippen LogP contribution is -2.04. The van der Waals surface area contributed by atoms with Crippen LogP contribution in [-0.4, -0.2) is 11.1 Å². The molecule has 19 heavy (non-hydrogen) atoms. The Bertz CT molecular complexity index is 547. The Balaban J connectivity index is 0.00000180. The van der Waals surface area contributed by atoms with Crippen molar-refractivity contribution in [1.29, 1.82) is 0 Å². The van der Waals surface area contributed by atoms with E-state index in [1.165, 1.54) is 0 Å². The number of rotatable bonds is 4. The predicted molar refractivity (Wildman–Crippen MR) is 75.6 cm³/mol. The minimum atomic E-state index is -0.971. The fourth-order valence-electron chi connectivity index (χ4n) is 1.74. The number of carboxylic acid groups (broad SMARTS) is 1. The van der Waals surface area contributed by atoms with E-state index in [1.807, 2.05) is 43.3 Å². The average molecular weight is 258 g/mol. The number of aryl methyl sites for hydroxylation is 1. The summed E-state index contributed by atoms with van der Waals surface area (Å²) in [6, 6.07) is 14.8. The summed E-state index contributed by atoms with van der Waals surface area (Å²) in [6.45, 7) is 2.21. The van der Waals surface area contributed by atoms with Crippen molar-refractivity contribution in [3.63, 3.8) is 0 Å². The summed E-state index contributed by atoms with van der Waals surface area (Å²) >= 11 is 0. The monoisotopic (exact) mass is 258 g/mol. The molecule has 0 aliphatic rings. The van der Waals surface area contributed by atoms with Gasteiger partial charge in [0.2, 0.25) is 0 Å². The van der Waals surface area contributed by atoms with Crippen molar-refractivity contribution in [2.24, 2.45) is 0 Å². The van der Waals surface area contributed by atoms with E-state index in [2.05, 4.69) is 0 Å². The van der Waals surface area contributed by atoms with Gasteiger partial charge in [-0.3, -0.25) is 0 Å². The van der Waals surface area contributed by atoms with Crippen LogP contribution in [0.1, 0.15) is 28.9 Å². The summed E-state index contributed by atoms with van der Waals surface area (Å²) in [5, 5.41) is 9.11. The third kappa shape index (κ3) is 3.58. The van der Waals surface area contributed by atoms with Crippen LogP contribution < -0.4 is 4.74 Å². The third-order valence-electron chi connectivity index (χ3n) is 2.67. The number of carboxylic acids is 1. The summed E-state index contributed by atoms with van der Waals surface area (Å²) in [6.07, 6.45) is 0. The summed E-state index contributed by atoms with van der Waals surface area (Å²) in [5.41, 5.74) is 2.04. The first-order chi connectivity index (χ1) is 8.68. The van der Waals surface area contributed by atoms with Crippen LogP contribution in [-0.2, 0) is 6.61 Å². The molecule has 2 aromatic carbocycles. The molecule has 0 amide bonds. The summed E-state index contributed by atoms with van der Waals surface area (Å²) < 4.78 is 5.63. The molecule has 2 aromatic rings. The van der Waals surface area contributed by atoms with Crippen LogP contribution in [0.5, 0.6) is 5.75 Å². The molecule has 0 aromatic heterocycles. The van der Waals surface area contributed by atoms with E-state index in [9.17, 15) is 4.79 Å². The molecule has 0 radical (unpaired) electrons. The molecule has 0 heterocycles. The second kappa shape index (κ2) is 6.59. The number of hydrogen-bond donors (Lipinski definition) is 1. The fraction of sp³-hybridized carbons (Fsp3) is 0.188. The van der Waals surface area contributed by atoms with Gasteiger partial charge in [0.25, 0.3) is 0 Å². The molecular formula is C16H18O3. The Morgan fingerprint density at radius 1 is 1.11 bits per heavy atom. The van der Waals surface area contributed by atoms with Crippen LogP contribution in [0.4, 0.5) is 0 Å². The smallest absolute Gasteiger partial charge is 0.339 e. The van der Waals surface area contributed by atoms with E-state index in [0.717, 1.165) is 11.1 Å². The molecule has 0 bridgehead atoms. The standard InChI is InChI=1S/C15H14O3.CH4/c1-11-6-5-9-13(15(16)17)14(11)18-10-12-7-3-2-4-8-12;/h2-9H,10H2,1H3,(H,16,17);1H4. The number of hydrogen-bond acceptors (Lipinski definition) is 2. The zero-order chi connectivity index (χ0) is 13.0. The van der Waals surface area contributed by atoms with Gasteiger partial charge in [0.05, 0.1) is 0 Å². The van der Waals surface area contributed by atoms with E-state index in [-0.39, 0.29) is 13.0 Å². The molecule has 0 aliphatic carbocycles. The van der Waals surface area contributed by atoms with Gasteiger partial charge in [-0.05, 0) is 24.1 Å². The Kier molecular flexibility index (Phi) is 5.12. The van der Waals surface area contributed by atoms with Gasteiger partial charge >= 0.3 is 5.97 Å². The van der Waals surface area contributed by atoms with Gasteiger partial charge < -0.3 is 9.84 Å². The van der Waals surface area contributed by atoms with Crippen LogP contribution in [0.2, 0.25) is 0 Å². The van der Waals surface area contributed by atoms with Gasteiger partial charge in [-0.25, -0.2) is 4.79 Å². The topological polar surface area (TPSA) is 46.5 Å². The van der Waals surface area contributed by atoms with Crippen LogP contribution in [0.15, 0.2) is 48.5 Å². The molecule has 0 fully saturated rings. The maximum atomic E-state index is 11.1. The highest BCUT2D eigenvalue weighted by Gasteiger charge is 2.13. The molecule has 0 spiro atoms. The highest BCUT2D eigenvalue weighted by molar-refractivity contribution is 5.91. The van der Waals surface area contributed by atoms with E-state index in [4.69, 9.17) is 9.84 Å². The largest absolute Gasteiger partial charge is 0.488 e. The summed E-state index contributed by atoms with van der Waals surface area (Å²) in [5.74, 6) is -0.532. The van der Waals surface area contributed by atoms with Crippen molar-refractivity contribution >= 4 is 5.97 Å². The van der Waals surface area contributed by atoms with E-state index in [0.29, 0.717) is 12.4 Å². The molecule has 3 heteroatoms. The minimum absolute atomic E-state index is 0. The van der Waals surface area contributed by atoms with Crippen LogP contribution in [0, 0.1) is 6.92 Å². The fourth-order valence-corrected chi connectivity index (χ4v) is 1.74. The van der Waals surface area contributed by atoms with Gasteiger partial charge in [-0.15, -0.1) is 0 Å². The van der Waals surface area contributed by atoms with Gasteiger partial charge in [-0.2, -0.15) is 0 Å². The van der Waals surface area contributed by atoms with E-state index < -0.39 is 5.97 Å². The van der Waals surface area contributed by atoms with Gasteiger partial charge in [0.15, 0.2) is 0 Å². The number of carbonyl (C=O) groups is 1. The SMILES string of the molecule is C.Cc1cccc(C(=O)O)c1OCc1ccccc1. The molecule has 0 atom stereocenters. The molecule has 0 aliphatic heterocycles. The molecule has 100 valence electrons. The Morgan fingerprint density at radius 3 is 2.42 bits per heavy atom. The number of para-hydroxylation sites is 1. The second-order valence-electron chi connectivity index (χ2n) is 4.03. The van der Waals surface area contributed by atoms with Crippen molar-refractivity contribution in [3.8, 4) is 5.75 Å². The zero-order valence-electron chi connectivity index (χ0n) is 10.1. The Morgan fingerprint density at radius 2 is 1.79 bits per heavy atom. The number of aromatic carboxylic acids is 1. The highest BCUT2D eigenvalue weighted by Crippen LogP contribution is 2.24. The van der Waals surface area contributed by atoms with Crippen LogP contribution >= 0.6 is 0 Å². The maximum Gasteiger partial charge on any atom is 0.339 e. The molecule has 3 nitrogen and oxygen atoms in total. The Labute approximate surface area is 113 Å². The first-order valence-corrected chi connectivity index (χ1v) is 5.68. The molecule has 2 rings (SSSR count). The van der Waals surface area contributed by atoms with Crippen molar-refractivity contribution in [3.05, 3.63) is 65.2 Å². The van der Waals surface area contributed by atoms with Gasteiger partial charge in [0.1, 0.15) is 17.9 Å². The number of ether oxygens (including phenoxy) is 1. The van der Waals surface area contributed by atoms with Crippen molar-refractivity contribution in [2.45, 2.75) is 21.0 Å². The van der Waals surface area contributed by atoms with Crippen LogP contribution in [0.3, 0.4) is 0 Å². The summed E-state index contributed by atoms with van der Waals surface area (Å²) in [4.78, 5) is 11.1. The van der Waals surface area contributed by atoms with E-state index in [1.54, 1.807) is 12.1 Å². The molecule has 1 N–H and O–H groups in total. The van der Waals surface area contributed by atoms with Crippen molar-refractivity contribution in [1.82, 2.24) is 0 Å². The normalized spacial score (nSPS) is 9.53. The first-order valence-electron chi connectivity index (χ1n) is 5.68. The third-order valence-corrected chi connectivity index (χ3v) is 2.67. The molecular weight excluding hydrogens is 240 g/mol. The molecule has 0 saturated heterocycles. The lowest BCUT2D eigenvalue weighted by Gasteiger charge is -2.11. The minimum Gasteiger partial charge on any atom is -0.488 e. The lowest BCUT2D eigenvalue weighted by molar-refractivity contribution is 0.0691. The number of benzene rings is 2. The quantitative estimate of drug-likeness (QED) is 0.904. The van der Waals surface area contributed by atoms with Crippen molar-refractivity contribution in [2.75, 3.05) is 0 Å². The molecule has 0 saturated carbocycles. The Hall–Kier alpha value is -2.29. The highest BCUT2D eigenvalue weighted by atomic mass is 16.5. The van der Waals surface area contributed by atoms with Crippen molar-refractivity contribution < 1.29 is 14.6 Å². The van der Waals surface area contributed by atoms with Gasteiger partial charge in [0, 0.05) is 0 Å². The maximum absolute atomic E-state index is 11.1. The second-order valence-corrected chi connectivity index (χ2v) is 4.03. The summed E-state index contributed by atoms with van der Waals surface area (Å²) in [7, 11) is 0. The first kappa shape index (κ1) is 14.8. The predicted octanol–water partition coefficient (Wildman–Crippen LogP) is 3.91. The zero-order valence-corrected chi connectivity index (χ0v) is 10.1. The van der Waals surface area contributed by atoms with Crippen LogP contribution in [0.25, 0.3) is 0 Å². The molecule has 0 unspecified atom stereocenters. The average Bonchev–Trinajstić information content (AvgIpc) is 2.38. The van der Waals surface area contributed by atoms with E-state index >= 15 is 0 Å². The van der Waals surface area contributed by atoms with Gasteiger partial charge in [-0.1, -0.05) is 49.9 Å². The lowest BCUT2D eigenvalue weighted by atomic mass is 10.1.